The molecule has 0 radical (unpaired) electrons. The van der Waals surface area contributed by atoms with Gasteiger partial charge in [0, 0.05) is 51.8 Å². The molecule has 364 valence electrons. The van der Waals surface area contributed by atoms with Crippen molar-refractivity contribution in [3.63, 3.8) is 0 Å². The van der Waals surface area contributed by atoms with Crippen molar-refractivity contribution in [2.45, 2.75) is 107 Å². The number of benzene rings is 2. The number of halogens is 6. The molecule has 4 aliphatic carbocycles. The highest BCUT2D eigenvalue weighted by molar-refractivity contribution is 7.92. The van der Waals surface area contributed by atoms with Gasteiger partial charge in [0.2, 0.25) is 11.8 Å². The average Bonchev–Trinajstić information content (AvgIpc) is 3.88. The van der Waals surface area contributed by atoms with E-state index in [1.165, 1.54) is 60.2 Å². The van der Waals surface area contributed by atoms with Gasteiger partial charge in [-0.2, -0.15) is 47.1 Å². The lowest BCUT2D eigenvalue weighted by molar-refractivity contribution is -0.140. The third-order valence-corrected chi connectivity index (χ3v) is 17.6. The van der Waals surface area contributed by atoms with Gasteiger partial charge in [-0.05, 0) is 87.8 Å². The average molecular weight is 993 g/mol. The maximum atomic E-state index is 14.0. The molecule has 0 bridgehead atoms. The Morgan fingerprint density at radius 1 is 0.647 bits per heavy atom. The Morgan fingerprint density at radius 2 is 1.00 bits per heavy atom. The fourth-order valence-electron chi connectivity index (χ4n) is 8.92. The van der Waals surface area contributed by atoms with Gasteiger partial charge in [0.25, 0.3) is 0 Å². The molecule has 2 aromatic carbocycles. The van der Waals surface area contributed by atoms with E-state index in [0.717, 1.165) is 24.3 Å². The van der Waals surface area contributed by atoms with Crippen LogP contribution in [0.3, 0.4) is 0 Å². The third kappa shape index (κ3) is 9.86. The number of hydrogen-bond acceptors (Lipinski definition) is 12. The number of carbonyl (C=O) groups excluding carboxylic acids is 2. The van der Waals surface area contributed by atoms with Crippen LogP contribution in [0.2, 0.25) is 0 Å². The van der Waals surface area contributed by atoms with Gasteiger partial charge in [-0.15, -0.1) is 0 Å². The minimum Gasteiger partial charge on any atom is -0.381 e. The second-order valence-electron chi connectivity index (χ2n) is 17.5. The van der Waals surface area contributed by atoms with Crippen LogP contribution in [0.25, 0.3) is 22.5 Å². The van der Waals surface area contributed by atoms with Crippen molar-refractivity contribution in [3.8, 4) is 34.7 Å². The van der Waals surface area contributed by atoms with Gasteiger partial charge in [-0.25, -0.2) is 16.8 Å². The molecular weight excluding hydrogens is 947 g/mol. The van der Waals surface area contributed by atoms with E-state index in [1.807, 2.05) is 12.1 Å². The highest BCUT2D eigenvalue weighted by Gasteiger charge is 2.53. The van der Waals surface area contributed by atoms with Crippen molar-refractivity contribution in [1.82, 2.24) is 30.2 Å². The zero-order valence-corrected chi connectivity index (χ0v) is 38.6. The molecule has 2 amide bonds. The number of carbonyl (C=O) groups is 2. The minimum absolute atomic E-state index is 0.128. The highest BCUT2D eigenvalue weighted by atomic mass is 32.2. The van der Waals surface area contributed by atoms with E-state index in [-0.39, 0.29) is 36.8 Å². The van der Waals surface area contributed by atoms with Crippen LogP contribution in [0.1, 0.15) is 62.5 Å². The van der Waals surface area contributed by atoms with E-state index in [9.17, 15) is 63.3 Å². The molecule has 8 rings (SSSR count). The molecular formula is C44H46F6N8O8S2. The number of hydrogen-bond donors (Lipinski definition) is 2. The van der Waals surface area contributed by atoms with Crippen molar-refractivity contribution in [1.29, 1.82) is 10.5 Å². The summed E-state index contributed by atoms with van der Waals surface area (Å²) in [4.78, 5) is 23.8. The first-order valence-electron chi connectivity index (χ1n) is 21.2. The fourth-order valence-corrected chi connectivity index (χ4v) is 12.9. The number of rotatable bonds is 12. The topological polar surface area (TPSA) is 228 Å². The normalized spacial score (nSPS) is 23.9. The molecule has 0 unspecified atom stereocenters. The van der Waals surface area contributed by atoms with Crippen LogP contribution in [-0.4, -0.2) is 96.2 Å². The fraction of sp³-hybridized carbons (Fsp3) is 0.500. The van der Waals surface area contributed by atoms with Gasteiger partial charge in [0.1, 0.15) is 11.1 Å². The van der Waals surface area contributed by atoms with Gasteiger partial charge >= 0.3 is 12.4 Å². The van der Waals surface area contributed by atoms with E-state index in [1.54, 1.807) is 14.1 Å². The maximum Gasteiger partial charge on any atom is 0.417 e. The molecule has 4 fully saturated rings. The van der Waals surface area contributed by atoms with Crippen LogP contribution < -0.4 is 10.6 Å². The van der Waals surface area contributed by atoms with Crippen molar-refractivity contribution >= 4 is 31.5 Å². The van der Waals surface area contributed by atoms with Gasteiger partial charge in [-0.3, -0.25) is 19.0 Å². The van der Waals surface area contributed by atoms with Crippen LogP contribution >= 0.6 is 0 Å². The summed E-state index contributed by atoms with van der Waals surface area (Å²) in [6.07, 6.45) is -7.22. The molecule has 16 nitrogen and oxygen atoms in total. The number of methoxy groups -OCH3 is 2. The molecule has 4 aromatic rings. The van der Waals surface area contributed by atoms with Crippen LogP contribution in [0.4, 0.5) is 26.3 Å². The summed E-state index contributed by atoms with van der Waals surface area (Å²) in [5, 5.41) is 29.1. The summed E-state index contributed by atoms with van der Waals surface area (Å²) >= 11 is 0. The predicted octanol–water partition coefficient (Wildman–Crippen LogP) is 5.69. The number of ether oxygens (including phenoxy) is 2. The summed E-state index contributed by atoms with van der Waals surface area (Å²) in [7, 11) is -3.14. The lowest BCUT2D eigenvalue weighted by Crippen LogP contribution is -2.42. The molecule has 68 heavy (non-hydrogen) atoms. The Hall–Kier alpha value is -5.82. The van der Waals surface area contributed by atoms with Crippen molar-refractivity contribution in [2.75, 3.05) is 14.2 Å². The SMILES string of the molecule is CO[C@@H]1C[C@H](S(=O)(=O)c2ccc(-c3ccnn3C)cc2C(F)(F)F)C[C@H]1C(=O)NC1(C#N)CC1.CO[C@H]1C[C@@H](S(=O)(=O)c2ccc(-c3ccnn3C)cc2C(F)(F)F)C[C@@H]1C(=O)NC1(C#N)CC1. The number of nitriles is 2. The summed E-state index contributed by atoms with van der Waals surface area (Å²) in [5.41, 5.74) is -3.28. The summed E-state index contributed by atoms with van der Waals surface area (Å²) < 4.78 is 151. The molecule has 6 atom stereocenters. The first kappa shape index (κ1) is 50.1. The standard InChI is InChI=1S/2C22H23F3N4O4S/c2*1-29-17(5-8-27-29)13-3-4-19(16(9-13)22(23,24)25)34(31,32)14-10-15(18(11-14)33-2)20(30)28-21(12-26)6-7-21/h2*3-5,8-9,14-15,18H,6-7,10-11H2,1-2H3,(H,28,30)/t2*14-,15-,18-/m10/s1. The number of sulfone groups is 2. The smallest absolute Gasteiger partial charge is 0.381 e. The van der Waals surface area contributed by atoms with Crippen LogP contribution in [0, 0.1) is 34.5 Å². The molecule has 2 aromatic heterocycles. The number of nitrogens with zero attached hydrogens (tertiary/aromatic N) is 6. The Bertz CT molecular complexity index is 2720. The van der Waals surface area contributed by atoms with Gasteiger partial charge < -0.3 is 20.1 Å². The van der Waals surface area contributed by atoms with E-state index in [2.05, 4.69) is 20.8 Å². The largest absolute Gasteiger partial charge is 0.417 e. The monoisotopic (exact) mass is 992 g/mol. The molecule has 0 saturated heterocycles. The van der Waals surface area contributed by atoms with E-state index >= 15 is 0 Å². The first-order chi connectivity index (χ1) is 31.8. The lowest BCUT2D eigenvalue weighted by atomic mass is 10.0. The Morgan fingerprint density at radius 3 is 1.26 bits per heavy atom. The number of aryl methyl sites for hydroxylation is 2. The number of amides is 2. The van der Waals surface area contributed by atoms with E-state index in [4.69, 9.17) is 9.47 Å². The molecule has 0 spiro atoms. The predicted molar refractivity (Wildman–Crippen MR) is 228 cm³/mol. The molecule has 24 heteroatoms. The third-order valence-electron chi connectivity index (χ3n) is 13.1. The Kier molecular flexibility index (Phi) is 13.4. The molecule has 4 saturated carbocycles. The van der Waals surface area contributed by atoms with E-state index in [0.29, 0.717) is 37.1 Å². The zero-order chi connectivity index (χ0) is 49.8. The second kappa shape index (κ2) is 18.3. The summed E-state index contributed by atoms with van der Waals surface area (Å²) in [6, 6.07) is 13.3. The Balaban J connectivity index is 0.000000201. The minimum atomic E-state index is -4.92. The zero-order valence-electron chi connectivity index (χ0n) is 36.9. The molecule has 2 N–H and O–H groups in total. The van der Waals surface area contributed by atoms with Crippen LogP contribution in [-0.2, 0) is 65.2 Å². The molecule has 2 heterocycles. The second-order valence-corrected chi connectivity index (χ2v) is 21.9. The quantitative estimate of drug-likeness (QED) is 0.163. The highest BCUT2D eigenvalue weighted by Crippen LogP contribution is 2.45. The van der Waals surface area contributed by atoms with Crippen molar-refractivity contribution < 1.29 is 62.2 Å². The Labute approximate surface area is 387 Å². The molecule has 4 aliphatic rings. The number of alkyl halides is 6. The van der Waals surface area contributed by atoms with E-state index < -0.39 is 110 Å². The van der Waals surface area contributed by atoms with Gasteiger partial charge in [0.05, 0.1) is 79.0 Å². The van der Waals surface area contributed by atoms with Gasteiger partial charge in [0.15, 0.2) is 19.7 Å². The maximum absolute atomic E-state index is 14.0. The molecule has 0 aliphatic heterocycles. The van der Waals surface area contributed by atoms with Crippen LogP contribution in [0.5, 0.6) is 0 Å². The van der Waals surface area contributed by atoms with Crippen molar-refractivity contribution in [3.05, 3.63) is 72.1 Å². The van der Waals surface area contributed by atoms with Gasteiger partial charge in [-0.1, -0.05) is 12.1 Å². The van der Waals surface area contributed by atoms with Crippen LogP contribution in [0.15, 0.2) is 70.7 Å². The number of nitrogens with one attached hydrogen (secondary N) is 2. The summed E-state index contributed by atoms with van der Waals surface area (Å²) in [5.74, 6) is -2.82. The lowest BCUT2D eigenvalue weighted by Gasteiger charge is -2.19. The number of aromatic nitrogens is 4. The van der Waals surface area contributed by atoms with Crippen molar-refractivity contribution in [2.24, 2.45) is 25.9 Å². The first-order valence-corrected chi connectivity index (χ1v) is 24.3. The summed E-state index contributed by atoms with van der Waals surface area (Å²) in [6.45, 7) is 0.